The van der Waals surface area contributed by atoms with Crippen LogP contribution in [0.1, 0.15) is 5.69 Å². The van der Waals surface area contributed by atoms with Crippen LogP contribution in [0.2, 0.25) is 0 Å². The minimum absolute atomic E-state index is 0.273. The highest BCUT2D eigenvalue weighted by Gasteiger charge is 2.05. The number of rotatable bonds is 4. The summed E-state index contributed by atoms with van der Waals surface area (Å²) >= 11 is 1.19. The molecule has 18 heavy (non-hydrogen) atoms. The van der Waals surface area contributed by atoms with Gasteiger partial charge in [-0.15, -0.1) is 11.8 Å². The number of anilines is 1. The number of benzene rings is 1. The van der Waals surface area contributed by atoms with Gasteiger partial charge in [0.1, 0.15) is 17.5 Å². The van der Waals surface area contributed by atoms with Crippen molar-refractivity contribution in [1.82, 2.24) is 9.97 Å². The van der Waals surface area contributed by atoms with Crippen molar-refractivity contribution in [2.45, 2.75) is 10.6 Å². The molecule has 0 bridgehead atoms. The summed E-state index contributed by atoms with van der Waals surface area (Å²) < 4.78 is 26.3. The van der Waals surface area contributed by atoms with Gasteiger partial charge in [0.2, 0.25) is 0 Å². The fraction of sp³-hybridized carbons (Fsp3) is 0.167. The summed E-state index contributed by atoms with van der Waals surface area (Å²) in [6.45, 7) is 0. The molecule has 1 N–H and O–H groups in total. The van der Waals surface area contributed by atoms with Gasteiger partial charge in [0.15, 0.2) is 0 Å². The van der Waals surface area contributed by atoms with Crippen LogP contribution in [0.15, 0.2) is 35.5 Å². The molecule has 3 nitrogen and oxygen atoms in total. The van der Waals surface area contributed by atoms with E-state index >= 15 is 0 Å². The smallest absolute Gasteiger partial charge is 0.144 e. The molecule has 2 aromatic rings. The molecular weight excluding hydrogens is 256 g/mol. The average molecular weight is 267 g/mol. The van der Waals surface area contributed by atoms with Crippen molar-refractivity contribution >= 4 is 17.6 Å². The zero-order valence-corrected chi connectivity index (χ0v) is 10.5. The van der Waals surface area contributed by atoms with Gasteiger partial charge in [-0.3, -0.25) is 4.98 Å². The Hall–Kier alpha value is -1.69. The number of thioether (sulfide) groups is 1. The van der Waals surface area contributed by atoms with Crippen LogP contribution in [0.5, 0.6) is 0 Å². The number of hydrogen-bond acceptors (Lipinski definition) is 4. The first-order chi connectivity index (χ1) is 8.69. The van der Waals surface area contributed by atoms with Crippen LogP contribution in [0.4, 0.5) is 14.6 Å². The number of nitrogens with one attached hydrogen (secondary N) is 1. The normalized spacial score (nSPS) is 10.4. The molecule has 0 saturated heterocycles. The number of aromatic nitrogens is 2. The Morgan fingerprint density at radius 2 is 2.06 bits per heavy atom. The van der Waals surface area contributed by atoms with Gasteiger partial charge in [0.25, 0.3) is 0 Å². The van der Waals surface area contributed by atoms with Crippen molar-refractivity contribution in [2.24, 2.45) is 0 Å². The Morgan fingerprint density at radius 1 is 1.22 bits per heavy atom. The Labute approximate surface area is 108 Å². The van der Waals surface area contributed by atoms with Gasteiger partial charge in [-0.2, -0.15) is 0 Å². The van der Waals surface area contributed by atoms with Crippen LogP contribution in [0.25, 0.3) is 0 Å². The Morgan fingerprint density at radius 3 is 2.72 bits per heavy atom. The summed E-state index contributed by atoms with van der Waals surface area (Å²) in [7, 11) is 1.75. The van der Waals surface area contributed by atoms with E-state index in [1.807, 2.05) is 0 Å². The van der Waals surface area contributed by atoms with Gasteiger partial charge in [-0.05, 0) is 18.2 Å². The lowest BCUT2D eigenvalue weighted by Crippen LogP contribution is -1.95. The average Bonchev–Trinajstić information content (AvgIpc) is 2.40. The van der Waals surface area contributed by atoms with Crippen LogP contribution in [-0.2, 0) is 5.75 Å². The maximum absolute atomic E-state index is 13.4. The third kappa shape index (κ3) is 3.16. The second kappa shape index (κ2) is 5.77. The maximum atomic E-state index is 13.4. The lowest BCUT2D eigenvalue weighted by molar-refractivity contribution is 0.577. The molecule has 0 fully saturated rings. The molecule has 94 valence electrons. The molecule has 1 heterocycles. The monoisotopic (exact) mass is 267 g/mol. The second-order valence-corrected chi connectivity index (χ2v) is 4.52. The fourth-order valence-corrected chi connectivity index (χ4v) is 2.15. The van der Waals surface area contributed by atoms with E-state index in [9.17, 15) is 8.78 Å². The van der Waals surface area contributed by atoms with Gasteiger partial charge < -0.3 is 5.32 Å². The summed E-state index contributed by atoms with van der Waals surface area (Å²) in [6.07, 6.45) is 3.20. The number of halogens is 2. The minimum atomic E-state index is -0.449. The third-order valence-electron chi connectivity index (χ3n) is 2.23. The molecule has 1 aromatic heterocycles. The van der Waals surface area contributed by atoms with Crippen molar-refractivity contribution in [3.63, 3.8) is 0 Å². The zero-order chi connectivity index (χ0) is 13.0. The molecule has 2 rings (SSSR count). The summed E-state index contributed by atoms with van der Waals surface area (Å²) in [4.78, 5) is 8.52. The molecule has 0 aliphatic rings. The molecule has 0 aliphatic heterocycles. The van der Waals surface area contributed by atoms with E-state index in [2.05, 4.69) is 15.3 Å². The summed E-state index contributed by atoms with van der Waals surface area (Å²) in [6, 6.07) is 3.39. The van der Waals surface area contributed by atoms with E-state index < -0.39 is 11.6 Å². The third-order valence-corrected chi connectivity index (χ3v) is 3.29. The predicted octanol–water partition coefficient (Wildman–Crippen LogP) is 3.09. The largest absolute Gasteiger partial charge is 0.372 e. The van der Waals surface area contributed by atoms with E-state index in [-0.39, 0.29) is 4.90 Å². The highest BCUT2D eigenvalue weighted by atomic mass is 32.2. The van der Waals surface area contributed by atoms with Crippen LogP contribution in [0.3, 0.4) is 0 Å². The molecule has 0 aliphatic carbocycles. The zero-order valence-electron chi connectivity index (χ0n) is 9.65. The van der Waals surface area contributed by atoms with Crippen molar-refractivity contribution in [1.29, 1.82) is 0 Å². The first-order valence-corrected chi connectivity index (χ1v) is 6.24. The van der Waals surface area contributed by atoms with Crippen molar-refractivity contribution in [3.8, 4) is 0 Å². The number of hydrogen-bond donors (Lipinski definition) is 1. The quantitative estimate of drug-likeness (QED) is 0.864. The topological polar surface area (TPSA) is 37.8 Å². The molecule has 0 atom stereocenters. The molecule has 0 spiro atoms. The van der Waals surface area contributed by atoms with E-state index in [1.165, 1.54) is 17.8 Å². The van der Waals surface area contributed by atoms with Crippen molar-refractivity contribution in [3.05, 3.63) is 47.9 Å². The van der Waals surface area contributed by atoms with Crippen LogP contribution in [0, 0.1) is 11.6 Å². The molecule has 0 radical (unpaired) electrons. The van der Waals surface area contributed by atoms with Crippen LogP contribution < -0.4 is 5.32 Å². The van der Waals surface area contributed by atoms with E-state index in [4.69, 9.17) is 0 Å². The van der Waals surface area contributed by atoms with Gasteiger partial charge >= 0.3 is 0 Å². The maximum Gasteiger partial charge on any atom is 0.144 e. The number of nitrogens with zero attached hydrogens (tertiary/aromatic N) is 2. The minimum Gasteiger partial charge on any atom is -0.372 e. The summed E-state index contributed by atoms with van der Waals surface area (Å²) in [5, 5.41) is 2.85. The highest BCUT2D eigenvalue weighted by Crippen LogP contribution is 2.25. The molecule has 6 heteroatoms. The molecule has 0 saturated carbocycles. The van der Waals surface area contributed by atoms with Gasteiger partial charge in [0.05, 0.1) is 18.1 Å². The Kier molecular flexibility index (Phi) is 4.09. The lowest BCUT2D eigenvalue weighted by Gasteiger charge is -2.04. The van der Waals surface area contributed by atoms with Crippen LogP contribution >= 0.6 is 11.8 Å². The standard InChI is InChI=1S/C12H11F2N3S/c1-15-12-6-16-9(5-17-12)7-18-11-4-8(13)2-3-10(11)14/h2-6H,7H2,1H3,(H,15,17). The van der Waals surface area contributed by atoms with E-state index in [1.54, 1.807) is 19.4 Å². The van der Waals surface area contributed by atoms with Gasteiger partial charge in [-0.1, -0.05) is 0 Å². The summed E-state index contributed by atoms with van der Waals surface area (Å²) in [5.41, 5.74) is 0.711. The van der Waals surface area contributed by atoms with E-state index in [0.717, 1.165) is 12.1 Å². The first-order valence-electron chi connectivity index (χ1n) is 5.25. The predicted molar refractivity (Wildman–Crippen MR) is 67.5 cm³/mol. The van der Waals surface area contributed by atoms with Gasteiger partial charge in [-0.25, -0.2) is 13.8 Å². The molecular formula is C12H11F2N3S. The van der Waals surface area contributed by atoms with Gasteiger partial charge in [0, 0.05) is 17.7 Å². The summed E-state index contributed by atoms with van der Waals surface area (Å²) in [5.74, 6) is 0.231. The molecule has 1 aromatic carbocycles. The highest BCUT2D eigenvalue weighted by molar-refractivity contribution is 7.98. The molecule has 0 unspecified atom stereocenters. The van der Waals surface area contributed by atoms with Crippen LogP contribution in [-0.4, -0.2) is 17.0 Å². The SMILES string of the molecule is CNc1cnc(CSc2cc(F)ccc2F)cn1. The van der Waals surface area contributed by atoms with Crippen molar-refractivity contribution < 1.29 is 8.78 Å². The van der Waals surface area contributed by atoms with Crippen molar-refractivity contribution in [2.75, 3.05) is 12.4 Å². The Balaban J connectivity index is 2.04. The molecule has 0 amide bonds. The van der Waals surface area contributed by atoms with E-state index in [0.29, 0.717) is 17.3 Å². The second-order valence-electron chi connectivity index (χ2n) is 3.51. The lowest BCUT2D eigenvalue weighted by atomic mass is 10.3. The fourth-order valence-electron chi connectivity index (χ4n) is 1.30. The Bertz CT molecular complexity index is 531. The first kappa shape index (κ1) is 12.8.